The molecule has 3 aliphatic rings. The number of piperidine rings is 1. The third-order valence-corrected chi connectivity index (χ3v) is 8.10. The van der Waals surface area contributed by atoms with Gasteiger partial charge in [0.25, 0.3) is 12.3 Å². The van der Waals surface area contributed by atoms with Crippen LogP contribution in [0.25, 0.3) is 11.1 Å². The number of likely N-dealkylation sites (N-methyl/N-ethyl adjacent to an activating group) is 1. The van der Waals surface area contributed by atoms with Crippen LogP contribution in [0.1, 0.15) is 36.8 Å². The fraction of sp³-hybridized carbons (Fsp3) is 0.500. The second-order valence-electron chi connectivity index (χ2n) is 9.97. The highest BCUT2D eigenvalue weighted by Gasteiger charge is 2.56. The number of benzene rings is 1. The van der Waals surface area contributed by atoms with E-state index in [1.165, 1.54) is 4.90 Å². The van der Waals surface area contributed by atoms with Crippen molar-refractivity contribution in [3.05, 3.63) is 52.8 Å². The molecule has 6 nitrogen and oxygen atoms in total. The van der Waals surface area contributed by atoms with Crippen LogP contribution in [0.15, 0.2) is 41.7 Å². The number of nitrogens with zero attached hydrogens (tertiary/aromatic N) is 4. The van der Waals surface area contributed by atoms with Gasteiger partial charge in [0.15, 0.2) is 11.5 Å². The molecule has 186 valence electrons. The minimum Gasteiger partial charge on any atom is -0.369 e. The lowest BCUT2D eigenvalue weighted by Gasteiger charge is -2.42. The van der Waals surface area contributed by atoms with Crippen LogP contribution >= 0.6 is 11.6 Å². The van der Waals surface area contributed by atoms with E-state index in [-0.39, 0.29) is 24.3 Å². The Balaban J connectivity index is 1.48. The minimum atomic E-state index is -2.31. The van der Waals surface area contributed by atoms with Gasteiger partial charge in [0.2, 0.25) is 0 Å². The smallest absolute Gasteiger partial charge is 0.261 e. The number of fused-ring (bicyclic) bond motifs is 2. The second kappa shape index (κ2) is 9.47. The summed E-state index contributed by atoms with van der Waals surface area (Å²) in [6, 6.07) is 8.02. The highest BCUT2D eigenvalue weighted by atomic mass is 35.5. The molecule has 35 heavy (non-hydrogen) atoms. The molecule has 0 bridgehead atoms. The summed E-state index contributed by atoms with van der Waals surface area (Å²) in [5.41, 5.74) is 8.96. The van der Waals surface area contributed by atoms with Crippen molar-refractivity contribution in [3.63, 3.8) is 0 Å². The van der Waals surface area contributed by atoms with Crippen LogP contribution in [0, 0.1) is 11.8 Å². The molecule has 2 aromatic rings. The van der Waals surface area contributed by atoms with E-state index in [1.807, 2.05) is 23.1 Å². The maximum absolute atomic E-state index is 13.8. The number of aromatic nitrogens is 1. The molecule has 1 saturated heterocycles. The molecule has 5 rings (SSSR count). The molecule has 9 heteroatoms. The highest BCUT2D eigenvalue weighted by Crippen LogP contribution is 2.50. The Labute approximate surface area is 209 Å². The summed E-state index contributed by atoms with van der Waals surface area (Å²) in [5, 5.41) is 0.546. The van der Waals surface area contributed by atoms with Crippen molar-refractivity contribution in [3.8, 4) is 11.1 Å². The maximum Gasteiger partial charge on any atom is 0.261 e. The van der Waals surface area contributed by atoms with Gasteiger partial charge in [-0.1, -0.05) is 23.7 Å². The molecule has 2 atom stereocenters. The normalized spacial score (nSPS) is 25.4. The SMILES string of the molecule is CN1C(=O)[C@@]2(N=C1N)c1cc(-c3cncc(Cl)c3)ccc1CCC2CC1CCN(CC(F)F)CC1. The highest BCUT2D eigenvalue weighted by molar-refractivity contribution is 6.30. The number of nitrogens with two attached hydrogens (primary N) is 1. The Bertz CT molecular complexity index is 1150. The van der Waals surface area contributed by atoms with Crippen molar-refractivity contribution in [1.29, 1.82) is 0 Å². The third kappa shape index (κ3) is 4.42. The summed E-state index contributed by atoms with van der Waals surface area (Å²) < 4.78 is 25.6. The van der Waals surface area contributed by atoms with E-state index in [2.05, 4.69) is 11.1 Å². The van der Waals surface area contributed by atoms with Crippen LogP contribution < -0.4 is 5.73 Å². The number of guanidine groups is 1. The van der Waals surface area contributed by atoms with Crippen molar-refractivity contribution in [2.75, 3.05) is 26.7 Å². The van der Waals surface area contributed by atoms with Crippen molar-refractivity contribution in [1.82, 2.24) is 14.8 Å². The van der Waals surface area contributed by atoms with Gasteiger partial charge < -0.3 is 5.73 Å². The number of carbonyl (C=O) groups is 1. The summed E-state index contributed by atoms with van der Waals surface area (Å²) >= 11 is 6.18. The van der Waals surface area contributed by atoms with Crippen molar-refractivity contribution in [2.45, 2.75) is 44.1 Å². The molecule has 0 radical (unpaired) electrons. The zero-order chi connectivity index (χ0) is 24.7. The van der Waals surface area contributed by atoms with Crippen LogP contribution in [-0.2, 0) is 16.8 Å². The number of pyridine rings is 1. The number of halogens is 3. The number of hydrogen-bond donors (Lipinski definition) is 1. The number of rotatable bonds is 5. The Morgan fingerprint density at radius 1 is 1.17 bits per heavy atom. The second-order valence-corrected chi connectivity index (χ2v) is 10.4. The van der Waals surface area contributed by atoms with E-state index >= 15 is 0 Å². The number of aliphatic imine (C=N–C) groups is 1. The number of likely N-dealkylation sites (tertiary alicyclic amines) is 1. The lowest BCUT2D eigenvalue weighted by atomic mass is 9.65. The van der Waals surface area contributed by atoms with Gasteiger partial charge in [-0.15, -0.1) is 0 Å². The summed E-state index contributed by atoms with van der Waals surface area (Å²) in [6.45, 7) is 1.16. The fourth-order valence-corrected chi connectivity index (χ4v) is 6.23. The number of alkyl halides is 2. The van der Waals surface area contributed by atoms with Gasteiger partial charge in [0.1, 0.15) is 0 Å². The average Bonchev–Trinajstić information content (AvgIpc) is 3.06. The molecule has 3 heterocycles. The monoisotopic (exact) mass is 501 g/mol. The molecule has 1 unspecified atom stereocenters. The van der Waals surface area contributed by atoms with Gasteiger partial charge in [0.05, 0.1) is 11.6 Å². The molecular weight excluding hydrogens is 472 g/mol. The van der Waals surface area contributed by atoms with Gasteiger partial charge in [-0.05, 0) is 85.9 Å². The molecule has 1 spiro atoms. The van der Waals surface area contributed by atoms with Gasteiger partial charge in [-0.25, -0.2) is 13.8 Å². The minimum absolute atomic E-state index is 0.00890. The zero-order valence-electron chi connectivity index (χ0n) is 19.8. The van der Waals surface area contributed by atoms with E-state index in [1.54, 1.807) is 19.4 Å². The lowest BCUT2D eigenvalue weighted by Crippen LogP contribution is -2.48. The standard InChI is InChI=1S/C26H30ClF2N5O/c1-33-24(35)26(32-25(33)30)20(10-16-6-8-34(9-7-16)15-23(28)29)5-4-17-2-3-18(12-22(17)26)19-11-21(27)14-31-13-19/h2-3,11-14,16,20,23H,4-10,15H2,1H3,(H2,30,32)/t20?,26-/m0/s1. The van der Waals surface area contributed by atoms with Gasteiger partial charge in [-0.2, -0.15) is 0 Å². The van der Waals surface area contributed by atoms with E-state index in [0.29, 0.717) is 24.0 Å². The first-order valence-corrected chi connectivity index (χ1v) is 12.5. The zero-order valence-corrected chi connectivity index (χ0v) is 20.5. The molecule has 2 N–H and O–H groups in total. The summed E-state index contributed by atoms with van der Waals surface area (Å²) in [7, 11) is 1.68. The largest absolute Gasteiger partial charge is 0.369 e. The predicted molar refractivity (Wildman–Crippen MR) is 132 cm³/mol. The van der Waals surface area contributed by atoms with Gasteiger partial charge in [-0.3, -0.25) is 19.6 Å². The van der Waals surface area contributed by atoms with Crippen LogP contribution in [0.4, 0.5) is 8.78 Å². The molecule has 1 aliphatic carbocycles. The topological polar surface area (TPSA) is 74.8 Å². The molecular formula is C26H30ClF2N5O. The maximum atomic E-state index is 13.8. The Hall–Kier alpha value is -2.58. The van der Waals surface area contributed by atoms with E-state index < -0.39 is 12.0 Å². The Morgan fingerprint density at radius 2 is 1.94 bits per heavy atom. The average molecular weight is 502 g/mol. The predicted octanol–water partition coefficient (Wildman–Crippen LogP) is 4.31. The first kappa shape index (κ1) is 24.1. The van der Waals surface area contributed by atoms with Crippen LogP contribution in [0.3, 0.4) is 0 Å². The first-order valence-electron chi connectivity index (χ1n) is 12.2. The summed E-state index contributed by atoms with van der Waals surface area (Å²) in [6.07, 6.45) is 5.25. The quantitative estimate of drug-likeness (QED) is 0.662. The van der Waals surface area contributed by atoms with E-state index in [4.69, 9.17) is 22.3 Å². The number of amides is 1. The van der Waals surface area contributed by atoms with Crippen LogP contribution in [0.5, 0.6) is 0 Å². The molecule has 2 aliphatic heterocycles. The number of carbonyl (C=O) groups excluding carboxylic acids is 1. The van der Waals surface area contributed by atoms with E-state index in [0.717, 1.165) is 54.4 Å². The first-order chi connectivity index (χ1) is 16.8. The lowest BCUT2D eigenvalue weighted by molar-refractivity contribution is -0.133. The number of aryl methyl sites for hydroxylation is 1. The molecule has 1 aromatic heterocycles. The van der Waals surface area contributed by atoms with Crippen molar-refractivity contribution in [2.24, 2.45) is 22.6 Å². The van der Waals surface area contributed by atoms with E-state index in [9.17, 15) is 13.6 Å². The van der Waals surface area contributed by atoms with Crippen molar-refractivity contribution >= 4 is 23.5 Å². The van der Waals surface area contributed by atoms with Gasteiger partial charge in [0, 0.05) is 25.0 Å². The summed E-state index contributed by atoms with van der Waals surface area (Å²) in [4.78, 5) is 26.2. The Morgan fingerprint density at radius 3 is 2.60 bits per heavy atom. The molecule has 1 aromatic carbocycles. The van der Waals surface area contributed by atoms with Crippen molar-refractivity contribution < 1.29 is 13.6 Å². The summed E-state index contributed by atoms with van der Waals surface area (Å²) in [5.74, 6) is 0.486. The molecule has 0 saturated carbocycles. The molecule has 1 amide bonds. The Kier molecular flexibility index (Phi) is 6.53. The van der Waals surface area contributed by atoms with Crippen LogP contribution in [-0.4, -0.2) is 59.8 Å². The number of hydrogen-bond acceptors (Lipinski definition) is 5. The van der Waals surface area contributed by atoms with Gasteiger partial charge >= 0.3 is 0 Å². The fourth-order valence-electron chi connectivity index (χ4n) is 6.05. The molecule has 1 fully saturated rings. The third-order valence-electron chi connectivity index (χ3n) is 7.90. The van der Waals surface area contributed by atoms with Crippen LogP contribution in [0.2, 0.25) is 5.02 Å².